The second-order valence-corrected chi connectivity index (χ2v) is 6.31. The molecule has 23 heavy (non-hydrogen) atoms. The number of nitrogens with zero attached hydrogens (tertiary/aromatic N) is 1. The van der Waals surface area contributed by atoms with Gasteiger partial charge in [0.25, 0.3) is 0 Å². The molecule has 0 N–H and O–H groups in total. The van der Waals surface area contributed by atoms with Gasteiger partial charge in [0.05, 0.1) is 0 Å². The van der Waals surface area contributed by atoms with Crippen molar-refractivity contribution < 1.29 is 9.18 Å². The average molecular weight is 311 g/mol. The predicted molar refractivity (Wildman–Crippen MR) is 89.6 cm³/mol. The van der Waals surface area contributed by atoms with Crippen molar-refractivity contribution in [2.75, 3.05) is 13.1 Å². The molecule has 1 aliphatic rings. The Labute approximate surface area is 136 Å². The summed E-state index contributed by atoms with van der Waals surface area (Å²) in [5.41, 5.74) is 2.10. The Kier molecular flexibility index (Phi) is 5.19. The normalized spacial score (nSPS) is 16.4. The Morgan fingerprint density at radius 1 is 1.00 bits per heavy atom. The first-order valence-electron chi connectivity index (χ1n) is 8.24. The highest BCUT2D eigenvalue weighted by Gasteiger charge is 2.24. The molecule has 1 aliphatic heterocycles. The van der Waals surface area contributed by atoms with Crippen molar-refractivity contribution in [1.82, 2.24) is 4.90 Å². The first-order chi connectivity index (χ1) is 11.2. The summed E-state index contributed by atoms with van der Waals surface area (Å²) in [5.74, 6) is 0.0910. The van der Waals surface area contributed by atoms with Crippen LogP contribution in [0.2, 0.25) is 0 Å². The maximum Gasteiger partial charge on any atom is 0.140 e. The predicted octanol–water partition coefficient (Wildman–Crippen LogP) is 3.85. The molecule has 0 atom stereocenters. The molecule has 2 aromatic carbocycles. The summed E-state index contributed by atoms with van der Waals surface area (Å²) >= 11 is 0. The van der Waals surface area contributed by atoms with Crippen LogP contribution in [0.5, 0.6) is 0 Å². The number of carbonyl (C=O) groups excluding carboxylic acids is 1. The van der Waals surface area contributed by atoms with Crippen molar-refractivity contribution in [3.63, 3.8) is 0 Å². The maximum atomic E-state index is 13.2. The molecule has 1 saturated heterocycles. The average Bonchev–Trinajstić information content (AvgIpc) is 2.56. The fourth-order valence-corrected chi connectivity index (χ4v) is 3.25. The lowest BCUT2D eigenvalue weighted by Crippen LogP contribution is -2.36. The molecule has 120 valence electrons. The number of likely N-dealkylation sites (tertiary alicyclic amines) is 1. The number of Topliss-reactive ketones (excluding diaryl/α,β-unsaturated/α-hetero) is 1. The Morgan fingerprint density at radius 2 is 1.70 bits per heavy atom. The number of hydrogen-bond acceptors (Lipinski definition) is 2. The SMILES string of the molecule is O=C(Cc1cccc(F)c1)C1CCN(Cc2ccccc2)CC1. The van der Waals surface area contributed by atoms with Crippen LogP contribution in [0.4, 0.5) is 4.39 Å². The van der Waals surface area contributed by atoms with Crippen LogP contribution in [0, 0.1) is 11.7 Å². The second-order valence-electron chi connectivity index (χ2n) is 6.31. The minimum atomic E-state index is -0.270. The van der Waals surface area contributed by atoms with Gasteiger partial charge in [0.2, 0.25) is 0 Å². The summed E-state index contributed by atoms with van der Waals surface area (Å²) in [5, 5.41) is 0. The minimum absolute atomic E-state index is 0.116. The van der Waals surface area contributed by atoms with E-state index in [-0.39, 0.29) is 17.5 Å². The second kappa shape index (κ2) is 7.51. The maximum absolute atomic E-state index is 13.2. The number of piperidine rings is 1. The quantitative estimate of drug-likeness (QED) is 0.836. The van der Waals surface area contributed by atoms with E-state index in [0.29, 0.717) is 6.42 Å². The van der Waals surface area contributed by atoms with Gasteiger partial charge in [0.1, 0.15) is 11.6 Å². The zero-order chi connectivity index (χ0) is 16.1. The van der Waals surface area contributed by atoms with Gasteiger partial charge < -0.3 is 0 Å². The van der Waals surface area contributed by atoms with Crippen LogP contribution in [-0.4, -0.2) is 23.8 Å². The van der Waals surface area contributed by atoms with Crippen LogP contribution < -0.4 is 0 Å². The van der Waals surface area contributed by atoms with Gasteiger partial charge in [-0.3, -0.25) is 9.69 Å². The lowest BCUT2D eigenvalue weighted by Gasteiger charge is -2.31. The Hall–Kier alpha value is -2.00. The molecule has 0 bridgehead atoms. The third-order valence-electron chi connectivity index (χ3n) is 4.56. The summed E-state index contributed by atoms with van der Waals surface area (Å²) in [7, 11) is 0. The van der Waals surface area contributed by atoms with E-state index in [4.69, 9.17) is 0 Å². The van der Waals surface area contributed by atoms with Gasteiger partial charge >= 0.3 is 0 Å². The molecule has 0 amide bonds. The highest BCUT2D eigenvalue weighted by Crippen LogP contribution is 2.21. The highest BCUT2D eigenvalue weighted by molar-refractivity contribution is 5.83. The third kappa shape index (κ3) is 4.49. The van der Waals surface area contributed by atoms with E-state index in [2.05, 4.69) is 29.2 Å². The molecule has 0 saturated carbocycles. The fraction of sp³-hybridized carbons (Fsp3) is 0.350. The molecule has 0 aromatic heterocycles. The van der Waals surface area contributed by atoms with E-state index in [1.54, 1.807) is 6.07 Å². The molecular formula is C20H22FNO. The summed E-state index contributed by atoms with van der Waals surface area (Å²) in [6.45, 7) is 2.86. The Morgan fingerprint density at radius 3 is 2.39 bits per heavy atom. The van der Waals surface area contributed by atoms with Crippen molar-refractivity contribution in [1.29, 1.82) is 0 Å². The first kappa shape index (κ1) is 15.9. The molecule has 3 heteroatoms. The molecule has 0 radical (unpaired) electrons. The largest absolute Gasteiger partial charge is 0.299 e. The smallest absolute Gasteiger partial charge is 0.140 e. The van der Waals surface area contributed by atoms with E-state index >= 15 is 0 Å². The van der Waals surface area contributed by atoms with Crippen LogP contribution in [0.25, 0.3) is 0 Å². The minimum Gasteiger partial charge on any atom is -0.299 e. The molecule has 2 nitrogen and oxygen atoms in total. The first-order valence-corrected chi connectivity index (χ1v) is 8.24. The van der Waals surface area contributed by atoms with Gasteiger partial charge in [-0.2, -0.15) is 0 Å². The molecule has 2 aromatic rings. The van der Waals surface area contributed by atoms with Gasteiger partial charge in [0, 0.05) is 18.9 Å². The summed E-state index contributed by atoms with van der Waals surface area (Å²) in [6, 6.07) is 16.8. The van der Waals surface area contributed by atoms with Gasteiger partial charge in [-0.25, -0.2) is 4.39 Å². The third-order valence-corrected chi connectivity index (χ3v) is 4.56. The van der Waals surface area contributed by atoms with Gasteiger partial charge in [-0.05, 0) is 49.2 Å². The van der Waals surface area contributed by atoms with Crippen LogP contribution in [0.3, 0.4) is 0 Å². The van der Waals surface area contributed by atoms with E-state index < -0.39 is 0 Å². The summed E-state index contributed by atoms with van der Waals surface area (Å²) < 4.78 is 13.2. The molecule has 1 fully saturated rings. The topological polar surface area (TPSA) is 20.3 Å². The van der Waals surface area contributed by atoms with Crippen molar-refractivity contribution in [2.45, 2.75) is 25.8 Å². The van der Waals surface area contributed by atoms with Gasteiger partial charge in [0.15, 0.2) is 0 Å². The van der Waals surface area contributed by atoms with E-state index in [1.165, 1.54) is 17.7 Å². The fourth-order valence-electron chi connectivity index (χ4n) is 3.25. The Bertz CT molecular complexity index is 648. The zero-order valence-electron chi connectivity index (χ0n) is 13.2. The molecular weight excluding hydrogens is 289 g/mol. The van der Waals surface area contributed by atoms with E-state index in [1.807, 2.05) is 12.1 Å². The molecule has 0 aliphatic carbocycles. The molecule has 1 heterocycles. The number of hydrogen-bond donors (Lipinski definition) is 0. The number of carbonyl (C=O) groups is 1. The monoisotopic (exact) mass is 311 g/mol. The van der Waals surface area contributed by atoms with Crippen LogP contribution >= 0.6 is 0 Å². The number of ketones is 1. The van der Waals surface area contributed by atoms with Gasteiger partial charge in [-0.15, -0.1) is 0 Å². The highest BCUT2D eigenvalue weighted by atomic mass is 19.1. The van der Waals surface area contributed by atoms with E-state index in [0.717, 1.165) is 38.0 Å². The lowest BCUT2D eigenvalue weighted by atomic mass is 9.89. The van der Waals surface area contributed by atoms with Crippen molar-refractivity contribution in [3.8, 4) is 0 Å². The van der Waals surface area contributed by atoms with E-state index in [9.17, 15) is 9.18 Å². The molecule has 0 unspecified atom stereocenters. The number of benzene rings is 2. The van der Waals surface area contributed by atoms with Gasteiger partial charge in [-0.1, -0.05) is 42.5 Å². The summed E-state index contributed by atoms with van der Waals surface area (Å²) in [4.78, 5) is 14.8. The number of halogens is 1. The molecule has 0 spiro atoms. The number of rotatable bonds is 5. The van der Waals surface area contributed by atoms with Crippen LogP contribution in [-0.2, 0) is 17.8 Å². The van der Waals surface area contributed by atoms with Crippen molar-refractivity contribution in [2.24, 2.45) is 5.92 Å². The Balaban J connectivity index is 1.49. The molecule has 3 rings (SSSR count). The lowest BCUT2D eigenvalue weighted by molar-refractivity contribution is -0.123. The van der Waals surface area contributed by atoms with Crippen molar-refractivity contribution >= 4 is 5.78 Å². The standard InChI is InChI=1S/C20H22FNO/c21-19-8-4-7-17(13-19)14-20(23)18-9-11-22(12-10-18)15-16-5-2-1-3-6-16/h1-8,13,18H,9-12,14-15H2. The summed E-state index contributed by atoms with van der Waals surface area (Å²) in [6.07, 6.45) is 2.16. The van der Waals surface area contributed by atoms with Crippen LogP contribution in [0.1, 0.15) is 24.0 Å². The zero-order valence-corrected chi connectivity index (χ0v) is 13.2. The van der Waals surface area contributed by atoms with Crippen LogP contribution in [0.15, 0.2) is 54.6 Å². The van der Waals surface area contributed by atoms with Crippen molar-refractivity contribution in [3.05, 3.63) is 71.5 Å².